The van der Waals surface area contributed by atoms with Gasteiger partial charge in [0.05, 0.1) is 11.3 Å². The number of rotatable bonds is 5. The lowest BCUT2D eigenvalue weighted by atomic mass is 10.2. The number of nitrogens with zero attached hydrogens (tertiary/aromatic N) is 2. The molecule has 0 atom stereocenters. The Bertz CT molecular complexity index is 704. The molecule has 1 aromatic heterocycles. The molecule has 22 heavy (non-hydrogen) atoms. The number of nitrogens with one attached hydrogen (secondary N) is 1. The molecule has 2 aromatic rings. The molecule has 0 fully saturated rings. The highest BCUT2D eigenvalue weighted by Crippen LogP contribution is 2.18. The Hall–Kier alpha value is -2.83. The maximum absolute atomic E-state index is 12.3. The highest BCUT2D eigenvalue weighted by atomic mass is 16.5. The number of anilines is 1. The molecule has 7 nitrogen and oxygen atoms in total. The van der Waals surface area contributed by atoms with E-state index in [2.05, 4.69) is 10.4 Å². The Kier molecular flexibility index (Phi) is 4.45. The molecule has 1 heterocycles. The van der Waals surface area contributed by atoms with Crippen LogP contribution >= 0.6 is 0 Å². The van der Waals surface area contributed by atoms with E-state index in [-0.39, 0.29) is 5.91 Å². The van der Waals surface area contributed by atoms with Crippen LogP contribution < -0.4 is 10.1 Å². The smallest absolute Gasteiger partial charge is 0.341 e. The number of carbonyl (C=O) groups is 2. The second-order valence-electron chi connectivity index (χ2n) is 4.83. The van der Waals surface area contributed by atoms with Crippen molar-refractivity contribution < 1.29 is 19.4 Å². The van der Waals surface area contributed by atoms with E-state index in [9.17, 15) is 9.59 Å². The molecular weight excluding hydrogens is 286 g/mol. The van der Waals surface area contributed by atoms with Gasteiger partial charge in [-0.1, -0.05) is 0 Å². The molecule has 0 saturated heterocycles. The minimum absolute atomic E-state index is 0.234. The molecule has 0 radical (unpaired) electrons. The van der Waals surface area contributed by atoms with Crippen LogP contribution in [-0.4, -0.2) is 33.4 Å². The quantitative estimate of drug-likeness (QED) is 0.877. The van der Waals surface area contributed by atoms with Crippen molar-refractivity contribution in [1.29, 1.82) is 0 Å². The molecule has 2 N–H and O–H groups in total. The van der Waals surface area contributed by atoms with Crippen LogP contribution in [0.3, 0.4) is 0 Å². The van der Waals surface area contributed by atoms with Crippen molar-refractivity contribution in [2.24, 2.45) is 7.05 Å². The Morgan fingerprint density at radius 3 is 2.41 bits per heavy atom. The molecule has 0 aliphatic heterocycles. The molecule has 0 aliphatic carbocycles. The van der Waals surface area contributed by atoms with E-state index in [1.54, 1.807) is 42.9 Å². The normalized spacial score (nSPS) is 10.3. The zero-order valence-electron chi connectivity index (χ0n) is 12.6. The van der Waals surface area contributed by atoms with Gasteiger partial charge in [-0.25, -0.2) is 4.79 Å². The fraction of sp³-hybridized carbons (Fsp3) is 0.267. The highest BCUT2D eigenvalue weighted by Gasteiger charge is 2.17. The topological polar surface area (TPSA) is 93.5 Å². The Balaban J connectivity index is 2.07. The van der Waals surface area contributed by atoms with Crippen LogP contribution in [0.2, 0.25) is 0 Å². The summed E-state index contributed by atoms with van der Waals surface area (Å²) in [7, 11) is 1.79. The van der Waals surface area contributed by atoms with Crippen LogP contribution in [0.4, 0.5) is 5.69 Å². The molecule has 0 aliphatic rings. The number of hydrogen-bond acceptors (Lipinski definition) is 4. The van der Waals surface area contributed by atoms with Gasteiger partial charge in [0, 0.05) is 18.4 Å². The minimum atomic E-state index is -1.04. The molecule has 0 bridgehead atoms. The van der Waals surface area contributed by atoms with Crippen LogP contribution in [0, 0.1) is 13.8 Å². The van der Waals surface area contributed by atoms with Gasteiger partial charge in [0.2, 0.25) is 0 Å². The molecule has 0 spiro atoms. The molecule has 7 heteroatoms. The SMILES string of the molecule is Cc1nn(C)c(C)c1C(=O)Nc1ccc(OCC(=O)O)cc1. The first-order chi connectivity index (χ1) is 10.4. The van der Waals surface area contributed by atoms with E-state index in [1.807, 2.05) is 6.92 Å². The largest absolute Gasteiger partial charge is 0.482 e. The lowest BCUT2D eigenvalue weighted by Gasteiger charge is -2.07. The molecule has 116 valence electrons. The average molecular weight is 303 g/mol. The first kappa shape index (κ1) is 15.6. The Labute approximate surface area is 127 Å². The van der Waals surface area contributed by atoms with Crippen LogP contribution in [0.1, 0.15) is 21.7 Å². The van der Waals surface area contributed by atoms with Crippen molar-refractivity contribution in [3.05, 3.63) is 41.2 Å². The number of carboxylic acid groups (broad SMARTS) is 1. The van der Waals surface area contributed by atoms with Crippen molar-refractivity contribution >= 4 is 17.6 Å². The summed E-state index contributed by atoms with van der Waals surface area (Å²) in [6.45, 7) is 3.21. The maximum Gasteiger partial charge on any atom is 0.341 e. The summed E-state index contributed by atoms with van der Waals surface area (Å²) in [5, 5.41) is 15.5. The Morgan fingerprint density at radius 1 is 1.27 bits per heavy atom. The zero-order chi connectivity index (χ0) is 16.3. The van der Waals surface area contributed by atoms with Gasteiger partial charge in [-0.2, -0.15) is 5.10 Å². The van der Waals surface area contributed by atoms with Crippen molar-refractivity contribution in [2.45, 2.75) is 13.8 Å². The number of aliphatic carboxylic acids is 1. The van der Waals surface area contributed by atoms with Crippen LogP contribution in [0.15, 0.2) is 24.3 Å². The molecule has 1 amide bonds. The number of hydrogen-bond donors (Lipinski definition) is 2. The fourth-order valence-electron chi connectivity index (χ4n) is 2.08. The number of amides is 1. The van der Waals surface area contributed by atoms with Gasteiger partial charge in [-0.05, 0) is 38.1 Å². The van der Waals surface area contributed by atoms with Gasteiger partial charge in [-0.3, -0.25) is 9.48 Å². The Morgan fingerprint density at radius 2 is 1.91 bits per heavy atom. The van der Waals surface area contributed by atoms with Gasteiger partial charge in [-0.15, -0.1) is 0 Å². The monoisotopic (exact) mass is 303 g/mol. The number of aryl methyl sites for hydroxylation is 2. The maximum atomic E-state index is 12.3. The second kappa shape index (κ2) is 6.30. The molecule has 0 saturated carbocycles. The first-order valence-corrected chi connectivity index (χ1v) is 6.64. The average Bonchev–Trinajstić information content (AvgIpc) is 2.71. The van der Waals surface area contributed by atoms with Crippen molar-refractivity contribution in [2.75, 3.05) is 11.9 Å². The van der Waals surface area contributed by atoms with Crippen molar-refractivity contribution in [1.82, 2.24) is 9.78 Å². The zero-order valence-corrected chi connectivity index (χ0v) is 12.6. The number of carbonyl (C=O) groups excluding carboxylic acids is 1. The summed E-state index contributed by atoms with van der Waals surface area (Å²) in [6, 6.07) is 6.50. The number of carboxylic acids is 1. The second-order valence-corrected chi connectivity index (χ2v) is 4.83. The molecule has 2 rings (SSSR count). The van der Waals surface area contributed by atoms with Gasteiger partial charge in [0.1, 0.15) is 5.75 Å². The predicted molar refractivity (Wildman–Crippen MR) is 80.2 cm³/mol. The highest BCUT2D eigenvalue weighted by molar-refractivity contribution is 6.05. The summed E-state index contributed by atoms with van der Waals surface area (Å²) in [5.74, 6) is -0.851. The molecule has 1 aromatic carbocycles. The third kappa shape index (κ3) is 3.43. The van der Waals surface area contributed by atoms with Gasteiger partial charge < -0.3 is 15.2 Å². The number of ether oxygens (including phenoxy) is 1. The first-order valence-electron chi connectivity index (χ1n) is 6.64. The third-order valence-corrected chi connectivity index (χ3v) is 3.21. The summed E-state index contributed by atoms with van der Waals surface area (Å²) in [5.41, 5.74) is 2.60. The van der Waals surface area contributed by atoms with E-state index in [0.717, 1.165) is 5.69 Å². The van der Waals surface area contributed by atoms with E-state index in [4.69, 9.17) is 9.84 Å². The summed E-state index contributed by atoms with van der Waals surface area (Å²) >= 11 is 0. The van der Waals surface area contributed by atoms with Crippen molar-refractivity contribution in [3.8, 4) is 5.75 Å². The van der Waals surface area contributed by atoms with E-state index in [1.165, 1.54) is 0 Å². The number of benzene rings is 1. The van der Waals surface area contributed by atoms with E-state index >= 15 is 0 Å². The third-order valence-electron chi connectivity index (χ3n) is 3.21. The van der Waals surface area contributed by atoms with E-state index in [0.29, 0.717) is 22.7 Å². The summed E-state index contributed by atoms with van der Waals surface area (Å²) < 4.78 is 6.69. The minimum Gasteiger partial charge on any atom is -0.482 e. The van der Waals surface area contributed by atoms with Gasteiger partial charge >= 0.3 is 5.97 Å². The fourth-order valence-corrected chi connectivity index (χ4v) is 2.08. The number of aromatic nitrogens is 2. The van der Waals surface area contributed by atoms with Crippen LogP contribution in [0.25, 0.3) is 0 Å². The van der Waals surface area contributed by atoms with Crippen LogP contribution in [-0.2, 0) is 11.8 Å². The molecule has 0 unspecified atom stereocenters. The standard InChI is InChI=1S/C15H17N3O4/c1-9-14(10(2)18(3)17-9)15(21)16-11-4-6-12(7-5-11)22-8-13(19)20/h4-7H,8H2,1-3H3,(H,16,21)(H,19,20). The summed E-state index contributed by atoms with van der Waals surface area (Å²) in [4.78, 5) is 22.7. The van der Waals surface area contributed by atoms with Crippen molar-refractivity contribution in [3.63, 3.8) is 0 Å². The van der Waals surface area contributed by atoms with Gasteiger partial charge in [0.15, 0.2) is 6.61 Å². The lowest BCUT2D eigenvalue weighted by molar-refractivity contribution is -0.139. The molecular formula is C15H17N3O4. The lowest BCUT2D eigenvalue weighted by Crippen LogP contribution is -2.14. The van der Waals surface area contributed by atoms with Gasteiger partial charge in [0.25, 0.3) is 5.91 Å². The van der Waals surface area contributed by atoms with Crippen LogP contribution in [0.5, 0.6) is 5.75 Å². The van der Waals surface area contributed by atoms with E-state index < -0.39 is 12.6 Å². The summed E-state index contributed by atoms with van der Waals surface area (Å²) in [6.07, 6.45) is 0. The predicted octanol–water partition coefficient (Wildman–Crippen LogP) is 1.75.